The van der Waals surface area contributed by atoms with Gasteiger partial charge in [0.15, 0.2) is 0 Å². The molecule has 4 rings (SSSR count). The topological polar surface area (TPSA) is 67.4 Å². The maximum Gasteiger partial charge on any atom is 0.253 e. The van der Waals surface area contributed by atoms with Crippen LogP contribution in [0.5, 0.6) is 0 Å². The van der Waals surface area contributed by atoms with Crippen LogP contribution in [0.15, 0.2) is 36.4 Å². The van der Waals surface area contributed by atoms with Gasteiger partial charge in [-0.05, 0) is 54.8 Å². The Bertz CT molecular complexity index is 1040. The molecule has 5 nitrogen and oxygen atoms in total. The third kappa shape index (κ3) is 5.14. The Hall–Kier alpha value is -1.21. The van der Waals surface area contributed by atoms with E-state index < -0.39 is 16.2 Å². The molecule has 2 unspecified atom stereocenters. The van der Waals surface area contributed by atoms with E-state index in [0.717, 1.165) is 12.8 Å². The quantitative estimate of drug-likeness (QED) is 0.455. The average molecular weight is 537 g/mol. The SMILES string of the molecule is O=C(NC1CCOCC1)c1cc(NC(=O)C2C(c3cc(Cl)cc(Cl)c3)C2(Cl)Cl)ccc1Cl. The number of carbonyl (C=O) groups excluding carboxylic acids is 2. The summed E-state index contributed by atoms with van der Waals surface area (Å²) < 4.78 is 4.01. The zero-order valence-electron chi connectivity index (χ0n) is 16.6. The summed E-state index contributed by atoms with van der Waals surface area (Å²) in [5.41, 5.74) is 1.36. The van der Waals surface area contributed by atoms with Crippen LogP contribution in [0.25, 0.3) is 0 Å². The second kappa shape index (κ2) is 9.57. The lowest BCUT2D eigenvalue weighted by molar-refractivity contribution is -0.117. The predicted molar refractivity (Wildman–Crippen MR) is 129 cm³/mol. The maximum atomic E-state index is 12.9. The molecule has 170 valence electrons. The van der Waals surface area contributed by atoms with Crippen LogP contribution in [-0.2, 0) is 9.53 Å². The number of hydrogen-bond donors (Lipinski definition) is 2. The highest BCUT2D eigenvalue weighted by atomic mass is 35.5. The molecule has 32 heavy (non-hydrogen) atoms. The van der Waals surface area contributed by atoms with Crippen LogP contribution in [0.1, 0.15) is 34.7 Å². The summed E-state index contributed by atoms with van der Waals surface area (Å²) in [6, 6.07) is 9.70. The van der Waals surface area contributed by atoms with Gasteiger partial charge in [0.1, 0.15) is 4.33 Å². The van der Waals surface area contributed by atoms with Crippen molar-refractivity contribution in [2.24, 2.45) is 5.92 Å². The molecule has 2 amide bonds. The molecule has 10 heteroatoms. The van der Waals surface area contributed by atoms with Crippen molar-refractivity contribution in [2.45, 2.75) is 29.1 Å². The first-order valence-corrected chi connectivity index (χ1v) is 11.9. The Kier molecular flexibility index (Phi) is 7.16. The highest BCUT2D eigenvalue weighted by Gasteiger charge is 2.67. The predicted octanol–water partition coefficient (Wildman–Crippen LogP) is 6.08. The molecule has 2 aromatic rings. The van der Waals surface area contributed by atoms with Crippen LogP contribution >= 0.6 is 58.0 Å². The largest absolute Gasteiger partial charge is 0.381 e. The first-order valence-electron chi connectivity index (χ1n) is 9.99. The van der Waals surface area contributed by atoms with E-state index in [4.69, 9.17) is 62.7 Å². The minimum absolute atomic E-state index is 0.0235. The highest BCUT2D eigenvalue weighted by Crippen LogP contribution is 2.65. The number of halogens is 5. The Balaban J connectivity index is 1.47. The monoisotopic (exact) mass is 534 g/mol. The number of alkyl halides is 2. The zero-order chi connectivity index (χ0) is 23.0. The minimum Gasteiger partial charge on any atom is -0.381 e. The van der Waals surface area contributed by atoms with Crippen LogP contribution in [-0.4, -0.2) is 35.4 Å². The fraction of sp³-hybridized carbons (Fsp3) is 0.364. The van der Waals surface area contributed by atoms with Crippen molar-refractivity contribution in [1.29, 1.82) is 0 Å². The second-order valence-electron chi connectivity index (χ2n) is 7.88. The number of hydrogen-bond acceptors (Lipinski definition) is 3. The molecule has 1 saturated carbocycles. The lowest BCUT2D eigenvalue weighted by atomic mass is 10.1. The maximum absolute atomic E-state index is 12.9. The van der Waals surface area contributed by atoms with Crippen molar-refractivity contribution in [3.05, 3.63) is 62.6 Å². The fourth-order valence-electron chi connectivity index (χ4n) is 3.92. The first kappa shape index (κ1) is 23.9. The van der Waals surface area contributed by atoms with Gasteiger partial charge in [-0.2, -0.15) is 0 Å². The van der Waals surface area contributed by atoms with Crippen molar-refractivity contribution in [3.8, 4) is 0 Å². The van der Waals surface area contributed by atoms with Crippen LogP contribution < -0.4 is 10.6 Å². The number of ether oxygens (including phenoxy) is 1. The second-order valence-corrected chi connectivity index (χ2v) is 10.6. The number of anilines is 1. The molecular weight excluding hydrogens is 518 g/mol. The molecule has 2 N–H and O–H groups in total. The van der Waals surface area contributed by atoms with E-state index >= 15 is 0 Å². The molecule has 1 saturated heterocycles. The van der Waals surface area contributed by atoms with Gasteiger partial charge in [0.2, 0.25) is 5.91 Å². The summed E-state index contributed by atoms with van der Waals surface area (Å²) >= 11 is 31.2. The Morgan fingerprint density at radius 2 is 1.62 bits per heavy atom. The molecule has 2 aliphatic rings. The van der Waals surface area contributed by atoms with Crippen LogP contribution in [0, 0.1) is 5.92 Å². The lowest BCUT2D eigenvalue weighted by Crippen LogP contribution is -2.39. The molecule has 1 heterocycles. The minimum atomic E-state index is -1.30. The average Bonchev–Trinajstić information content (AvgIpc) is 3.31. The third-order valence-electron chi connectivity index (χ3n) is 5.62. The Labute approximate surface area is 210 Å². The van der Waals surface area contributed by atoms with Crippen molar-refractivity contribution in [1.82, 2.24) is 5.32 Å². The summed E-state index contributed by atoms with van der Waals surface area (Å²) in [5.74, 6) is -1.87. The summed E-state index contributed by atoms with van der Waals surface area (Å²) in [6.07, 6.45) is 1.48. The zero-order valence-corrected chi connectivity index (χ0v) is 20.4. The van der Waals surface area contributed by atoms with Gasteiger partial charge in [-0.15, -0.1) is 23.2 Å². The smallest absolute Gasteiger partial charge is 0.253 e. The van der Waals surface area contributed by atoms with E-state index in [0.29, 0.717) is 34.5 Å². The molecule has 2 aromatic carbocycles. The summed E-state index contributed by atoms with van der Waals surface area (Å²) in [6.45, 7) is 1.21. The van der Waals surface area contributed by atoms with Gasteiger partial charge in [-0.1, -0.05) is 34.8 Å². The van der Waals surface area contributed by atoms with E-state index in [2.05, 4.69) is 10.6 Å². The van der Waals surface area contributed by atoms with Crippen LogP contribution in [0.3, 0.4) is 0 Å². The highest BCUT2D eigenvalue weighted by molar-refractivity contribution is 6.53. The van der Waals surface area contributed by atoms with Gasteiger partial charge >= 0.3 is 0 Å². The number of benzene rings is 2. The normalized spacial score (nSPS) is 22.3. The van der Waals surface area contributed by atoms with Gasteiger partial charge in [0, 0.05) is 40.9 Å². The van der Waals surface area contributed by atoms with Crippen molar-refractivity contribution >= 4 is 75.5 Å². The van der Waals surface area contributed by atoms with Gasteiger partial charge in [0.25, 0.3) is 5.91 Å². The number of nitrogens with one attached hydrogen (secondary N) is 2. The fourth-order valence-corrected chi connectivity index (χ4v) is 5.50. The molecule has 2 fully saturated rings. The van der Waals surface area contributed by atoms with Crippen molar-refractivity contribution < 1.29 is 14.3 Å². The van der Waals surface area contributed by atoms with Gasteiger partial charge in [-0.25, -0.2) is 0 Å². The van der Waals surface area contributed by atoms with E-state index in [9.17, 15) is 9.59 Å². The Morgan fingerprint density at radius 3 is 2.28 bits per heavy atom. The first-order chi connectivity index (χ1) is 15.2. The molecule has 0 aromatic heterocycles. The Morgan fingerprint density at radius 1 is 0.969 bits per heavy atom. The van der Waals surface area contributed by atoms with E-state index in [-0.39, 0.29) is 28.4 Å². The van der Waals surface area contributed by atoms with Gasteiger partial charge in [0.05, 0.1) is 16.5 Å². The summed E-state index contributed by atoms with van der Waals surface area (Å²) in [4.78, 5) is 25.6. The third-order valence-corrected chi connectivity index (χ3v) is 7.32. The molecule has 0 spiro atoms. The van der Waals surface area contributed by atoms with Gasteiger partial charge in [-0.3, -0.25) is 9.59 Å². The van der Waals surface area contributed by atoms with Crippen molar-refractivity contribution in [3.63, 3.8) is 0 Å². The molecule has 2 atom stereocenters. The summed E-state index contributed by atoms with van der Waals surface area (Å²) in [7, 11) is 0. The van der Waals surface area contributed by atoms with Crippen LogP contribution in [0.4, 0.5) is 5.69 Å². The molecular formula is C22H19Cl5N2O3. The van der Waals surface area contributed by atoms with Crippen molar-refractivity contribution in [2.75, 3.05) is 18.5 Å². The van der Waals surface area contributed by atoms with E-state index in [1.807, 2.05) is 0 Å². The molecule has 1 aliphatic heterocycles. The number of carbonyl (C=O) groups is 2. The molecule has 0 radical (unpaired) electrons. The molecule has 1 aliphatic carbocycles. The number of rotatable bonds is 5. The number of amides is 2. The van der Waals surface area contributed by atoms with Crippen LogP contribution in [0.2, 0.25) is 15.1 Å². The molecule has 0 bridgehead atoms. The van der Waals surface area contributed by atoms with E-state index in [1.165, 1.54) is 6.07 Å². The van der Waals surface area contributed by atoms with E-state index in [1.54, 1.807) is 30.3 Å². The lowest BCUT2D eigenvalue weighted by Gasteiger charge is -2.23. The summed E-state index contributed by atoms with van der Waals surface area (Å²) in [5, 5.41) is 6.89. The standard InChI is InChI=1S/C22H19Cl5N2O3/c23-12-7-11(8-13(24)9-12)18-19(22(18,26)27)21(31)29-15-1-2-17(25)16(10-15)20(30)28-14-3-5-32-6-4-14/h1-2,7-10,14,18-19H,3-6H2,(H,28,30)(H,29,31). The van der Waals surface area contributed by atoms with Gasteiger partial charge < -0.3 is 15.4 Å².